The third kappa shape index (κ3) is 2.84. The van der Waals surface area contributed by atoms with E-state index in [4.69, 9.17) is 9.26 Å². The summed E-state index contributed by atoms with van der Waals surface area (Å²) in [6.07, 6.45) is 1.41. The Hall–Kier alpha value is -1.95. The number of rotatable bonds is 5. The van der Waals surface area contributed by atoms with E-state index in [0.29, 0.717) is 24.4 Å². The van der Waals surface area contributed by atoms with E-state index in [2.05, 4.69) is 10.1 Å². The first-order chi connectivity index (χ1) is 8.70. The molecule has 18 heavy (non-hydrogen) atoms. The Morgan fingerprint density at radius 3 is 3.00 bits per heavy atom. The van der Waals surface area contributed by atoms with Crippen LogP contribution in [0.5, 0.6) is 5.75 Å². The van der Waals surface area contributed by atoms with Crippen LogP contribution in [0.3, 0.4) is 0 Å². The summed E-state index contributed by atoms with van der Waals surface area (Å²) in [6.45, 7) is 0.617. The van der Waals surface area contributed by atoms with Crippen LogP contribution in [0.4, 0.5) is 4.39 Å². The summed E-state index contributed by atoms with van der Waals surface area (Å²) in [6, 6.07) is 3.63. The largest absolute Gasteiger partial charge is 0.507 e. The first-order valence-electron chi connectivity index (χ1n) is 5.51. The molecule has 1 aromatic heterocycles. The Morgan fingerprint density at radius 2 is 2.28 bits per heavy atom. The minimum Gasteiger partial charge on any atom is -0.507 e. The summed E-state index contributed by atoms with van der Waals surface area (Å²) in [5, 5.41) is 13.4. The zero-order valence-corrected chi connectivity index (χ0v) is 9.89. The summed E-state index contributed by atoms with van der Waals surface area (Å²) in [4.78, 5) is 4.13. The van der Waals surface area contributed by atoms with Gasteiger partial charge in [-0.2, -0.15) is 4.98 Å². The summed E-state index contributed by atoms with van der Waals surface area (Å²) in [5.41, 5.74) is 0.321. The van der Waals surface area contributed by atoms with Gasteiger partial charge in [0.15, 0.2) is 5.82 Å². The molecule has 1 aromatic carbocycles. The topological polar surface area (TPSA) is 68.4 Å². The van der Waals surface area contributed by atoms with Gasteiger partial charge in [0.05, 0.1) is 5.56 Å². The molecule has 0 aliphatic heterocycles. The van der Waals surface area contributed by atoms with Gasteiger partial charge in [0.2, 0.25) is 0 Å². The number of phenolic OH excluding ortho intramolecular Hbond substituents is 1. The molecule has 0 fully saturated rings. The van der Waals surface area contributed by atoms with Gasteiger partial charge >= 0.3 is 0 Å². The van der Waals surface area contributed by atoms with Crippen molar-refractivity contribution in [1.29, 1.82) is 0 Å². The highest BCUT2D eigenvalue weighted by molar-refractivity contribution is 5.61. The van der Waals surface area contributed by atoms with Crippen molar-refractivity contribution in [2.45, 2.75) is 12.8 Å². The molecule has 1 N–H and O–H groups in total. The normalized spacial score (nSPS) is 10.8. The van der Waals surface area contributed by atoms with E-state index < -0.39 is 5.82 Å². The second kappa shape index (κ2) is 5.59. The van der Waals surface area contributed by atoms with E-state index in [0.717, 1.165) is 12.5 Å². The molecular formula is C12H13FN2O3. The van der Waals surface area contributed by atoms with Crippen LogP contribution in [0.25, 0.3) is 11.5 Å². The van der Waals surface area contributed by atoms with Gasteiger partial charge in [0.25, 0.3) is 5.89 Å². The molecule has 2 aromatic rings. The predicted molar refractivity (Wildman–Crippen MR) is 61.6 cm³/mol. The van der Waals surface area contributed by atoms with Crippen LogP contribution in [0.15, 0.2) is 22.7 Å². The number of nitrogens with zero attached hydrogens (tertiary/aromatic N) is 2. The molecule has 0 spiro atoms. The predicted octanol–water partition coefficient (Wildman–Crippen LogP) is 2.16. The standard InChI is InChI=1S/C12H13FN2O3/c1-17-6-2-3-11-14-12(18-15-11)9-5-4-8(13)7-10(9)16/h4-5,7,16H,2-3,6H2,1H3. The molecule has 0 aliphatic carbocycles. The molecular weight excluding hydrogens is 239 g/mol. The Kier molecular flexibility index (Phi) is 3.88. The van der Waals surface area contributed by atoms with E-state index in [1.54, 1.807) is 7.11 Å². The second-order valence-electron chi connectivity index (χ2n) is 3.77. The number of aromatic nitrogens is 2. The number of methoxy groups -OCH3 is 1. The van der Waals surface area contributed by atoms with Crippen LogP contribution in [0.1, 0.15) is 12.2 Å². The van der Waals surface area contributed by atoms with Gasteiger partial charge in [-0.25, -0.2) is 4.39 Å². The summed E-state index contributed by atoms with van der Waals surface area (Å²) < 4.78 is 22.8. The molecule has 0 aliphatic rings. The summed E-state index contributed by atoms with van der Waals surface area (Å²) in [7, 11) is 1.62. The van der Waals surface area contributed by atoms with Crippen LogP contribution >= 0.6 is 0 Å². The molecule has 0 unspecified atom stereocenters. The van der Waals surface area contributed by atoms with E-state index >= 15 is 0 Å². The Morgan fingerprint density at radius 1 is 1.44 bits per heavy atom. The highest BCUT2D eigenvalue weighted by Crippen LogP contribution is 2.28. The molecule has 0 radical (unpaired) electrons. The van der Waals surface area contributed by atoms with Crippen LogP contribution in [-0.4, -0.2) is 29.0 Å². The highest BCUT2D eigenvalue weighted by atomic mass is 19.1. The average Bonchev–Trinajstić information content (AvgIpc) is 2.78. The number of hydrogen-bond donors (Lipinski definition) is 1. The van der Waals surface area contributed by atoms with Crippen molar-refractivity contribution in [3.63, 3.8) is 0 Å². The van der Waals surface area contributed by atoms with Crippen LogP contribution < -0.4 is 0 Å². The van der Waals surface area contributed by atoms with Crippen LogP contribution in [0.2, 0.25) is 0 Å². The Balaban J connectivity index is 2.13. The maximum atomic E-state index is 12.8. The highest BCUT2D eigenvalue weighted by Gasteiger charge is 2.13. The van der Waals surface area contributed by atoms with Crippen LogP contribution in [0, 0.1) is 5.82 Å². The van der Waals surface area contributed by atoms with E-state index in [1.807, 2.05) is 0 Å². The maximum Gasteiger partial charge on any atom is 0.261 e. The fourth-order valence-corrected chi connectivity index (χ4v) is 1.53. The lowest BCUT2D eigenvalue weighted by Gasteiger charge is -1.98. The fourth-order valence-electron chi connectivity index (χ4n) is 1.53. The SMILES string of the molecule is COCCCc1noc(-c2ccc(F)cc2O)n1. The molecule has 0 saturated heterocycles. The number of aromatic hydroxyl groups is 1. The van der Waals surface area contributed by atoms with Crippen molar-refractivity contribution in [3.05, 3.63) is 29.8 Å². The fraction of sp³-hybridized carbons (Fsp3) is 0.333. The summed E-state index contributed by atoms with van der Waals surface area (Å²) >= 11 is 0. The molecule has 0 atom stereocenters. The van der Waals surface area contributed by atoms with Crippen molar-refractivity contribution in [2.24, 2.45) is 0 Å². The second-order valence-corrected chi connectivity index (χ2v) is 3.77. The van der Waals surface area contributed by atoms with E-state index in [1.165, 1.54) is 12.1 Å². The zero-order chi connectivity index (χ0) is 13.0. The van der Waals surface area contributed by atoms with Gasteiger partial charge in [-0.1, -0.05) is 5.16 Å². The van der Waals surface area contributed by atoms with Crippen molar-refractivity contribution >= 4 is 0 Å². The molecule has 6 heteroatoms. The first kappa shape index (κ1) is 12.5. The molecule has 0 saturated carbocycles. The third-order valence-corrected chi connectivity index (χ3v) is 2.41. The molecule has 2 rings (SSSR count). The maximum absolute atomic E-state index is 12.8. The van der Waals surface area contributed by atoms with Gasteiger partial charge in [-0.3, -0.25) is 0 Å². The van der Waals surface area contributed by atoms with E-state index in [9.17, 15) is 9.50 Å². The zero-order valence-electron chi connectivity index (χ0n) is 9.89. The van der Waals surface area contributed by atoms with Gasteiger partial charge in [0.1, 0.15) is 11.6 Å². The van der Waals surface area contributed by atoms with Crippen molar-refractivity contribution < 1.29 is 18.8 Å². The van der Waals surface area contributed by atoms with E-state index in [-0.39, 0.29) is 11.6 Å². The Labute approximate surface area is 103 Å². The monoisotopic (exact) mass is 252 g/mol. The third-order valence-electron chi connectivity index (χ3n) is 2.41. The number of ether oxygens (including phenoxy) is 1. The van der Waals surface area contributed by atoms with Gasteiger partial charge in [0, 0.05) is 26.2 Å². The van der Waals surface area contributed by atoms with Crippen molar-refractivity contribution in [1.82, 2.24) is 10.1 Å². The van der Waals surface area contributed by atoms with Crippen molar-refractivity contribution in [3.8, 4) is 17.2 Å². The summed E-state index contributed by atoms with van der Waals surface area (Å²) in [5.74, 6) is -0.0242. The Bertz CT molecular complexity index is 528. The van der Waals surface area contributed by atoms with Gasteiger partial charge in [-0.15, -0.1) is 0 Å². The molecule has 0 bridgehead atoms. The average molecular weight is 252 g/mol. The molecule has 5 nitrogen and oxygen atoms in total. The number of aryl methyl sites for hydroxylation is 1. The molecule has 1 heterocycles. The van der Waals surface area contributed by atoms with Gasteiger partial charge < -0.3 is 14.4 Å². The minimum absolute atomic E-state index is 0.180. The number of halogens is 1. The minimum atomic E-state index is -0.518. The first-order valence-corrected chi connectivity index (χ1v) is 5.51. The quantitative estimate of drug-likeness (QED) is 0.826. The van der Waals surface area contributed by atoms with Gasteiger partial charge in [-0.05, 0) is 18.6 Å². The smallest absolute Gasteiger partial charge is 0.261 e. The van der Waals surface area contributed by atoms with Crippen LogP contribution in [-0.2, 0) is 11.2 Å². The van der Waals surface area contributed by atoms with Crippen molar-refractivity contribution in [2.75, 3.05) is 13.7 Å². The lowest BCUT2D eigenvalue weighted by Crippen LogP contribution is -1.94. The molecule has 0 amide bonds. The molecule has 96 valence electrons. The number of hydrogen-bond acceptors (Lipinski definition) is 5. The number of phenols is 1. The number of benzene rings is 1. The lowest BCUT2D eigenvalue weighted by molar-refractivity contribution is 0.194. The lowest BCUT2D eigenvalue weighted by atomic mass is 10.2.